The van der Waals surface area contributed by atoms with Crippen LogP contribution in [-0.4, -0.2) is 46.9 Å². The minimum Gasteiger partial charge on any atom is -0.395 e. The Bertz CT molecular complexity index is 322. The molecule has 0 aliphatic carbocycles. The third kappa shape index (κ3) is 6.69. The molecule has 0 saturated heterocycles. The Labute approximate surface area is 110 Å². The summed E-state index contributed by atoms with van der Waals surface area (Å²) in [5.74, 6) is 0. The quantitative estimate of drug-likeness (QED) is 0.802. The SMILES string of the molecule is CC(C)(C)OCCN(CCO)Cc1cccnc1. The van der Waals surface area contributed by atoms with Crippen LogP contribution in [0.25, 0.3) is 0 Å². The minimum atomic E-state index is -0.112. The Balaban J connectivity index is 2.40. The lowest BCUT2D eigenvalue weighted by Gasteiger charge is -2.25. The number of hydrogen-bond donors (Lipinski definition) is 1. The van der Waals surface area contributed by atoms with Crippen molar-refractivity contribution < 1.29 is 9.84 Å². The van der Waals surface area contributed by atoms with E-state index in [9.17, 15) is 0 Å². The number of nitrogens with zero attached hydrogens (tertiary/aromatic N) is 2. The van der Waals surface area contributed by atoms with Crippen molar-refractivity contribution >= 4 is 0 Å². The maximum atomic E-state index is 9.08. The van der Waals surface area contributed by atoms with Gasteiger partial charge in [-0.3, -0.25) is 9.88 Å². The summed E-state index contributed by atoms with van der Waals surface area (Å²) in [5, 5.41) is 9.08. The van der Waals surface area contributed by atoms with E-state index in [0.29, 0.717) is 13.2 Å². The maximum Gasteiger partial charge on any atom is 0.0600 e. The fraction of sp³-hybridized carbons (Fsp3) is 0.643. The van der Waals surface area contributed by atoms with Crippen molar-refractivity contribution in [2.45, 2.75) is 32.9 Å². The van der Waals surface area contributed by atoms with Gasteiger partial charge in [-0.15, -0.1) is 0 Å². The van der Waals surface area contributed by atoms with Gasteiger partial charge in [-0.05, 0) is 32.4 Å². The number of hydrogen-bond acceptors (Lipinski definition) is 4. The predicted molar refractivity (Wildman–Crippen MR) is 72.3 cm³/mol. The molecule has 0 amide bonds. The molecular formula is C14H24N2O2. The normalized spacial score (nSPS) is 12.1. The molecule has 1 rings (SSSR count). The summed E-state index contributed by atoms with van der Waals surface area (Å²) in [6.07, 6.45) is 3.62. The lowest BCUT2D eigenvalue weighted by molar-refractivity contribution is -0.0151. The molecule has 0 fully saturated rings. The zero-order valence-electron chi connectivity index (χ0n) is 11.6. The molecule has 0 aliphatic heterocycles. The molecule has 1 N–H and O–H groups in total. The second kappa shape index (κ2) is 7.46. The molecule has 1 aromatic heterocycles. The highest BCUT2D eigenvalue weighted by molar-refractivity contribution is 5.08. The predicted octanol–water partition coefficient (Wildman–Crippen LogP) is 1.69. The highest BCUT2D eigenvalue weighted by Crippen LogP contribution is 2.07. The van der Waals surface area contributed by atoms with Gasteiger partial charge < -0.3 is 9.84 Å². The molecule has 1 heterocycles. The van der Waals surface area contributed by atoms with Gasteiger partial charge in [0.2, 0.25) is 0 Å². The first kappa shape index (κ1) is 15.1. The molecule has 0 atom stereocenters. The van der Waals surface area contributed by atoms with E-state index in [1.165, 1.54) is 0 Å². The zero-order chi connectivity index (χ0) is 13.4. The van der Waals surface area contributed by atoms with Crippen LogP contribution in [0.1, 0.15) is 26.3 Å². The second-order valence-electron chi connectivity index (χ2n) is 5.32. The Kier molecular flexibility index (Phi) is 6.25. The second-order valence-corrected chi connectivity index (χ2v) is 5.32. The molecule has 0 unspecified atom stereocenters. The first-order chi connectivity index (χ1) is 8.51. The smallest absolute Gasteiger partial charge is 0.0600 e. The van der Waals surface area contributed by atoms with E-state index in [-0.39, 0.29) is 12.2 Å². The van der Waals surface area contributed by atoms with Crippen LogP contribution in [0.2, 0.25) is 0 Å². The van der Waals surface area contributed by atoms with Crippen LogP contribution in [0.3, 0.4) is 0 Å². The van der Waals surface area contributed by atoms with Crippen LogP contribution in [0.5, 0.6) is 0 Å². The summed E-state index contributed by atoms with van der Waals surface area (Å²) in [6, 6.07) is 3.97. The molecule has 0 saturated carbocycles. The van der Waals surface area contributed by atoms with Crippen LogP contribution in [-0.2, 0) is 11.3 Å². The van der Waals surface area contributed by atoms with Gasteiger partial charge in [-0.2, -0.15) is 0 Å². The number of aromatic nitrogens is 1. The van der Waals surface area contributed by atoms with E-state index in [1.54, 1.807) is 6.20 Å². The molecule has 1 aromatic rings. The summed E-state index contributed by atoms with van der Waals surface area (Å²) in [4.78, 5) is 6.27. The van der Waals surface area contributed by atoms with E-state index < -0.39 is 0 Å². The Hall–Kier alpha value is -0.970. The molecule has 102 valence electrons. The van der Waals surface area contributed by atoms with Crippen molar-refractivity contribution in [3.05, 3.63) is 30.1 Å². The summed E-state index contributed by atoms with van der Waals surface area (Å²) in [6.45, 7) is 9.23. The van der Waals surface area contributed by atoms with E-state index in [1.807, 2.05) is 39.1 Å². The first-order valence-corrected chi connectivity index (χ1v) is 6.37. The van der Waals surface area contributed by atoms with Gasteiger partial charge in [0.25, 0.3) is 0 Å². The number of pyridine rings is 1. The lowest BCUT2D eigenvalue weighted by Crippen LogP contribution is -2.32. The summed E-state index contributed by atoms with van der Waals surface area (Å²) < 4.78 is 5.70. The molecular weight excluding hydrogens is 228 g/mol. The molecule has 0 bridgehead atoms. The Morgan fingerprint density at radius 3 is 2.67 bits per heavy atom. The fourth-order valence-corrected chi connectivity index (χ4v) is 1.64. The van der Waals surface area contributed by atoms with Crippen molar-refractivity contribution in [2.24, 2.45) is 0 Å². The topological polar surface area (TPSA) is 45.6 Å². The van der Waals surface area contributed by atoms with Gasteiger partial charge >= 0.3 is 0 Å². The molecule has 4 nitrogen and oxygen atoms in total. The van der Waals surface area contributed by atoms with E-state index >= 15 is 0 Å². The fourth-order valence-electron chi connectivity index (χ4n) is 1.64. The number of aliphatic hydroxyl groups is 1. The Morgan fingerprint density at radius 2 is 2.11 bits per heavy atom. The van der Waals surface area contributed by atoms with Gasteiger partial charge in [0, 0.05) is 32.0 Å². The van der Waals surface area contributed by atoms with Crippen molar-refractivity contribution in [3.8, 4) is 0 Å². The summed E-state index contributed by atoms with van der Waals surface area (Å²) >= 11 is 0. The van der Waals surface area contributed by atoms with Crippen molar-refractivity contribution in [1.82, 2.24) is 9.88 Å². The van der Waals surface area contributed by atoms with Gasteiger partial charge in [0.1, 0.15) is 0 Å². The average Bonchev–Trinajstić information content (AvgIpc) is 2.29. The zero-order valence-corrected chi connectivity index (χ0v) is 11.6. The number of aliphatic hydroxyl groups excluding tert-OH is 1. The van der Waals surface area contributed by atoms with E-state index in [2.05, 4.69) is 9.88 Å². The van der Waals surface area contributed by atoms with Crippen molar-refractivity contribution in [3.63, 3.8) is 0 Å². The summed E-state index contributed by atoms with van der Waals surface area (Å²) in [5.41, 5.74) is 1.04. The third-order valence-corrected chi connectivity index (χ3v) is 2.49. The standard InChI is InChI=1S/C14H24N2O2/c1-14(2,3)18-10-8-16(7-9-17)12-13-5-4-6-15-11-13/h4-6,11,17H,7-10,12H2,1-3H3. The molecule has 0 spiro atoms. The van der Waals surface area contributed by atoms with E-state index in [0.717, 1.165) is 18.7 Å². The van der Waals surface area contributed by atoms with Crippen LogP contribution < -0.4 is 0 Å². The van der Waals surface area contributed by atoms with E-state index in [4.69, 9.17) is 9.84 Å². The molecule has 4 heteroatoms. The van der Waals surface area contributed by atoms with Gasteiger partial charge in [-0.25, -0.2) is 0 Å². The van der Waals surface area contributed by atoms with Crippen LogP contribution in [0, 0.1) is 0 Å². The van der Waals surface area contributed by atoms with Crippen molar-refractivity contribution in [1.29, 1.82) is 0 Å². The Morgan fingerprint density at radius 1 is 1.33 bits per heavy atom. The van der Waals surface area contributed by atoms with Crippen LogP contribution in [0.4, 0.5) is 0 Å². The first-order valence-electron chi connectivity index (χ1n) is 6.37. The molecule has 0 aromatic carbocycles. The largest absolute Gasteiger partial charge is 0.395 e. The van der Waals surface area contributed by atoms with Crippen molar-refractivity contribution in [2.75, 3.05) is 26.3 Å². The number of rotatable bonds is 7. The van der Waals surface area contributed by atoms with Gasteiger partial charge in [0.15, 0.2) is 0 Å². The highest BCUT2D eigenvalue weighted by Gasteiger charge is 2.11. The maximum absolute atomic E-state index is 9.08. The molecule has 0 radical (unpaired) electrons. The van der Waals surface area contributed by atoms with Gasteiger partial charge in [-0.1, -0.05) is 6.07 Å². The minimum absolute atomic E-state index is 0.112. The summed E-state index contributed by atoms with van der Waals surface area (Å²) in [7, 11) is 0. The van der Waals surface area contributed by atoms with Gasteiger partial charge in [0.05, 0.1) is 18.8 Å². The van der Waals surface area contributed by atoms with Crippen LogP contribution >= 0.6 is 0 Å². The van der Waals surface area contributed by atoms with Crippen LogP contribution in [0.15, 0.2) is 24.5 Å². The third-order valence-electron chi connectivity index (χ3n) is 2.49. The monoisotopic (exact) mass is 252 g/mol. The highest BCUT2D eigenvalue weighted by atomic mass is 16.5. The number of ether oxygens (including phenoxy) is 1. The molecule has 18 heavy (non-hydrogen) atoms. The average molecular weight is 252 g/mol. The lowest BCUT2D eigenvalue weighted by atomic mass is 10.2. The molecule has 0 aliphatic rings.